The molecule has 230 valence electrons. The standard InChI is InChI=1S/C35H33N3O6S/c1-37(2)34(39)26-11-6-10-24(19-26)25-16-18-32(44-5)33(21-25)45(41,42)36-28-17-15-23-9-8-14-31(30(23)22-28)38(3)35(40)27-12-7-13-29(20-27)43-4/h6-22,36H,1-5H3. The summed E-state index contributed by atoms with van der Waals surface area (Å²) in [5, 5.41) is 1.51. The fourth-order valence-electron chi connectivity index (χ4n) is 5.04. The Morgan fingerprint density at radius 2 is 1.38 bits per heavy atom. The minimum atomic E-state index is -4.14. The zero-order valence-electron chi connectivity index (χ0n) is 25.6. The summed E-state index contributed by atoms with van der Waals surface area (Å²) in [5.41, 5.74) is 3.13. The molecule has 0 saturated carbocycles. The van der Waals surface area contributed by atoms with Gasteiger partial charge in [-0.3, -0.25) is 14.3 Å². The lowest BCUT2D eigenvalue weighted by atomic mass is 10.0. The highest BCUT2D eigenvalue weighted by molar-refractivity contribution is 7.92. The number of fused-ring (bicyclic) bond motifs is 1. The number of methoxy groups -OCH3 is 2. The number of carbonyl (C=O) groups excluding carboxylic acids is 2. The predicted molar refractivity (Wildman–Crippen MR) is 177 cm³/mol. The van der Waals surface area contributed by atoms with Crippen molar-refractivity contribution in [3.63, 3.8) is 0 Å². The first-order valence-corrected chi connectivity index (χ1v) is 15.5. The Morgan fingerprint density at radius 1 is 0.689 bits per heavy atom. The lowest BCUT2D eigenvalue weighted by molar-refractivity contribution is 0.0827. The van der Waals surface area contributed by atoms with Crippen molar-refractivity contribution >= 4 is 44.0 Å². The minimum Gasteiger partial charge on any atom is -0.497 e. The zero-order valence-corrected chi connectivity index (χ0v) is 26.4. The van der Waals surface area contributed by atoms with E-state index in [1.165, 1.54) is 23.0 Å². The van der Waals surface area contributed by atoms with Crippen molar-refractivity contribution in [2.75, 3.05) is 45.0 Å². The second-order valence-corrected chi connectivity index (χ2v) is 12.2. The van der Waals surface area contributed by atoms with Gasteiger partial charge < -0.3 is 19.3 Å². The first kappa shape index (κ1) is 31.1. The molecule has 0 aliphatic rings. The molecule has 1 N–H and O–H groups in total. The quantitative estimate of drug-likeness (QED) is 0.207. The number of amides is 2. The maximum Gasteiger partial charge on any atom is 0.265 e. The van der Waals surface area contributed by atoms with Gasteiger partial charge in [-0.2, -0.15) is 0 Å². The average Bonchev–Trinajstić information content (AvgIpc) is 3.06. The van der Waals surface area contributed by atoms with E-state index < -0.39 is 10.0 Å². The van der Waals surface area contributed by atoms with Crippen molar-refractivity contribution in [1.82, 2.24) is 4.90 Å². The van der Waals surface area contributed by atoms with Gasteiger partial charge in [-0.1, -0.05) is 42.5 Å². The Bertz CT molecular complexity index is 2020. The minimum absolute atomic E-state index is 0.0643. The molecule has 9 nitrogen and oxygen atoms in total. The molecule has 0 aromatic heterocycles. The lowest BCUT2D eigenvalue weighted by Crippen LogP contribution is -2.26. The molecule has 0 unspecified atom stereocenters. The van der Waals surface area contributed by atoms with Crippen molar-refractivity contribution in [2.24, 2.45) is 0 Å². The number of hydrogen-bond donors (Lipinski definition) is 1. The normalized spacial score (nSPS) is 11.1. The molecular formula is C35H33N3O6S. The van der Waals surface area contributed by atoms with Crippen molar-refractivity contribution in [3.05, 3.63) is 114 Å². The SMILES string of the molecule is COc1cccc(C(=O)N(C)c2cccc3ccc(NS(=O)(=O)c4cc(-c5cccc(C(=O)N(C)C)c5)ccc4OC)cc23)c1. The highest BCUT2D eigenvalue weighted by Gasteiger charge is 2.22. The van der Waals surface area contributed by atoms with Gasteiger partial charge in [0.05, 0.1) is 19.9 Å². The van der Waals surface area contributed by atoms with Gasteiger partial charge in [0.2, 0.25) is 0 Å². The van der Waals surface area contributed by atoms with Crippen LogP contribution in [0.4, 0.5) is 11.4 Å². The number of anilines is 2. The third-order valence-electron chi connectivity index (χ3n) is 7.40. The van der Waals surface area contributed by atoms with Gasteiger partial charge in [0.15, 0.2) is 0 Å². The lowest BCUT2D eigenvalue weighted by Gasteiger charge is -2.20. The van der Waals surface area contributed by atoms with Crippen LogP contribution in [0.5, 0.6) is 11.5 Å². The van der Waals surface area contributed by atoms with Crippen molar-refractivity contribution < 1.29 is 27.5 Å². The van der Waals surface area contributed by atoms with E-state index in [0.29, 0.717) is 44.8 Å². The maximum absolute atomic E-state index is 13.8. The molecule has 0 bridgehead atoms. The number of rotatable bonds is 9. The third-order valence-corrected chi connectivity index (χ3v) is 8.80. The highest BCUT2D eigenvalue weighted by Crippen LogP contribution is 2.34. The number of ether oxygens (including phenoxy) is 2. The second-order valence-electron chi connectivity index (χ2n) is 10.6. The van der Waals surface area contributed by atoms with Gasteiger partial charge in [0.1, 0.15) is 16.4 Å². The summed E-state index contributed by atoms with van der Waals surface area (Å²) in [6.45, 7) is 0. The fraction of sp³-hybridized carbons (Fsp3) is 0.143. The van der Waals surface area contributed by atoms with E-state index >= 15 is 0 Å². The van der Waals surface area contributed by atoms with Gasteiger partial charge >= 0.3 is 0 Å². The van der Waals surface area contributed by atoms with E-state index in [2.05, 4.69) is 4.72 Å². The van der Waals surface area contributed by atoms with Crippen molar-refractivity contribution in [3.8, 4) is 22.6 Å². The Labute approximate surface area is 262 Å². The smallest absolute Gasteiger partial charge is 0.265 e. The molecular weight excluding hydrogens is 590 g/mol. The van der Waals surface area contributed by atoms with Crippen LogP contribution in [0, 0.1) is 0 Å². The van der Waals surface area contributed by atoms with Crippen LogP contribution in [-0.4, -0.2) is 60.5 Å². The summed E-state index contributed by atoms with van der Waals surface area (Å²) in [4.78, 5) is 28.9. The number of hydrogen-bond acceptors (Lipinski definition) is 6. The molecule has 2 amide bonds. The van der Waals surface area contributed by atoms with Crippen LogP contribution in [0.15, 0.2) is 108 Å². The van der Waals surface area contributed by atoms with Gasteiger partial charge in [-0.15, -0.1) is 0 Å². The molecule has 0 spiro atoms. The zero-order chi connectivity index (χ0) is 32.3. The van der Waals surface area contributed by atoms with Crippen LogP contribution in [0.3, 0.4) is 0 Å². The molecule has 45 heavy (non-hydrogen) atoms. The van der Waals surface area contributed by atoms with Crippen molar-refractivity contribution in [2.45, 2.75) is 4.90 Å². The summed E-state index contributed by atoms with van der Waals surface area (Å²) in [6, 6.07) is 29.4. The number of sulfonamides is 1. The largest absolute Gasteiger partial charge is 0.497 e. The average molecular weight is 624 g/mol. The van der Waals surface area contributed by atoms with Crippen LogP contribution in [-0.2, 0) is 10.0 Å². The summed E-state index contributed by atoms with van der Waals surface area (Å²) in [5.74, 6) is 0.326. The van der Waals surface area contributed by atoms with E-state index in [0.717, 1.165) is 5.39 Å². The molecule has 0 saturated heterocycles. The topological polar surface area (TPSA) is 105 Å². The van der Waals surface area contributed by atoms with Gasteiger partial charge in [0.25, 0.3) is 21.8 Å². The number of nitrogens with one attached hydrogen (secondary N) is 1. The summed E-state index contributed by atoms with van der Waals surface area (Å²) in [7, 11) is 3.82. The molecule has 0 aliphatic heterocycles. The Kier molecular flexibility index (Phi) is 8.78. The molecule has 10 heteroatoms. The van der Waals surface area contributed by atoms with Crippen LogP contribution in [0.1, 0.15) is 20.7 Å². The van der Waals surface area contributed by atoms with Crippen LogP contribution in [0.25, 0.3) is 21.9 Å². The monoisotopic (exact) mass is 623 g/mol. The number of carbonyl (C=O) groups is 2. The van der Waals surface area contributed by atoms with Crippen LogP contribution in [0.2, 0.25) is 0 Å². The Balaban J connectivity index is 1.50. The Morgan fingerprint density at radius 3 is 2.09 bits per heavy atom. The summed E-state index contributed by atoms with van der Waals surface area (Å²) in [6.07, 6.45) is 0. The molecule has 0 atom stereocenters. The van der Waals surface area contributed by atoms with Crippen molar-refractivity contribution in [1.29, 1.82) is 0 Å². The van der Waals surface area contributed by atoms with Gasteiger partial charge in [0, 0.05) is 43.3 Å². The van der Waals surface area contributed by atoms with Gasteiger partial charge in [-0.25, -0.2) is 8.42 Å². The van der Waals surface area contributed by atoms with Crippen LogP contribution < -0.4 is 19.1 Å². The number of nitrogens with zero attached hydrogens (tertiary/aromatic N) is 2. The summed E-state index contributed by atoms with van der Waals surface area (Å²) >= 11 is 0. The number of benzene rings is 5. The van der Waals surface area contributed by atoms with Gasteiger partial charge in [-0.05, 0) is 77.2 Å². The fourth-order valence-corrected chi connectivity index (χ4v) is 6.28. The molecule has 5 rings (SSSR count). The molecule has 0 heterocycles. The predicted octanol–water partition coefficient (Wildman–Crippen LogP) is 6.30. The Hall–Kier alpha value is -5.35. The van der Waals surface area contributed by atoms with E-state index in [9.17, 15) is 18.0 Å². The van der Waals surface area contributed by atoms with E-state index in [4.69, 9.17) is 9.47 Å². The molecule has 0 radical (unpaired) electrons. The highest BCUT2D eigenvalue weighted by atomic mass is 32.2. The maximum atomic E-state index is 13.8. The molecule has 5 aromatic rings. The second kappa shape index (κ2) is 12.7. The molecule has 0 aliphatic carbocycles. The molecule has 5 aromatic carbocycles. The first-order valence-electron chi connectivity index (χ1n) is 14.0. The third kappa shape index (κ3) is 6.46. The summed E-state index contributed by atoms with van der Waals surface area (Å²) < 4.78 is 41.0. The van der Waals surface area contributed by atoms with Crippen LogP contribution >= 0.6 is 0 Å². The first-order chi connectivity index (χ1) is 21.5. The van der Waals surface area contributed by atoms with E-state index in [-0.39, 0.29) is 22.5 Å². The van der Waals surface area contributed by atoms with E-state index in [1.807, 2.05) is 18.2 Å². The van der Waals surface area contributed by atoms with E-state index in [1.54, 1.807) is 107 Å². The molecule has 0 fully saturated rings.